The van der Waals surface area contributed by atoms with Crippen molar-refractivity contribution in [2.75, 3.05) is 19.4 Å². The zero-order chi connectivity index (χ0) is 27.9. The molecule has 3 fully saturated rings. The van der Waals surface area contributed by atoms with Crippen molar-refractivity contribution in [1.29, 1.82) is 0 Å². The van der Waals surface area contributed by atoms with Crippen molar-refractivity contribution in [2.45, 2.75) is 89.0 Å². The molecule has 0 aromatic carbocycles. The number of ether oxygens (including phenoxy) is 2. The number of hydrogen-bond donors (Lipinski definition) is 0. The molecule has 0 radical (unpaired) electrons. The number of carbonyl (C=O) groups excluding carboxylic acids is 2. The summed E-state index contributed by atoms with van der Waals surface area (Å²) < 4.78 is 129. The highest BCUT2D eigenvalue weighted by Gasteiger charge is 2.74. The maximum Gasteiger partial charge on any atom is 0.459 e. The molecule has 2 spiro atoms. The third kappa shape index (κ3) is 5.66. The molecule has 3 aliphatic rings. The van der Waals surface area contributed by atoms with Gasteiger partial charge in [-0.05, 0) is 51.4 Å². The summed E-state index contributed by atoms with van der Waals surface area (Å²) in [6, 6.07) is 0. The van der Waals surface area contributed by atoms with Gasteiger partial charge in [-0.25, -0.2) is 0 Å². The third-order valence-electron chi connectivity index (χ3n) is 7.29. The van der Waals surface area contributed by atoms with Crippen LogP contribution in [0.1, 0.15) is 65.2 Å². The number of hydrogen-bond acceptors (Lipinski definition) is 7. The Kier molecular flexibility index (Phi) is 8.39. The number of esters is 2. The van der Waals surface area contributed by atoms with Crippen molar-refractivity contribution in [3.05, 3.63) is 0 Å². The van der Waals surface area contributed by atoms with Gasteiger partial charge in [0.15, 0.2) is 5.41 Å². The molecule has 3 rings (SSSR count). The Morgan fingerprint density at radius 3 is 1.81 bits per heavy atom. The van der Waals surface area contributed by atoms with Crippen molar-refractivity contribution in [1.82, 2.24) is 0 Å². The van der Waals surface area contributed by atoms with Crippen LogP contribution in [-0.4, -0.2) is 55.1 Å². The Hall–Kier alpha value is -1.40. The maximum atomic E-state index is 14.5. The minimum absolute atomic E-state index is 0.144. The van der Waals surface area contributed by atoms with Gasteiger partial charge in [0.25, 0.3) is 5.79 Å². The van der Waals surface area contributed by atoms with E-state index < -0.39 is 86.0 Å². The fourth-order valence-corrected chi connectivity index (χ4v) is 7.59. The van der Waals surface area contributed by atoms with Gasteiger partial charge in [-0.3, -0.25) is 14.2 Å². The van der Waals surface area contributed by atoms with Crippen LogP contribution in [-0.2, 0) is 32.7 Å². The van der Waals surface area contributed by atoms with Gasteiger partial charge in [0.2, 0.25) is 0 Å². The average molecular weight is 570 g/mol. The topological polar surface area (TPSA) is 88.1 Å². The molecule has 1 aliphatic heterocycles. The maximum absolute atomic E-state index is 14.5. The Balaban J connectivity index is 1.95. The molecule has 37 heavy (non-hydrogen) atoms. The van der Waals surface area contributed by atoms with Crippen LogP contribution >= 0.6 is 7.60 Å². The normalized spacial score (nSPS) is 26.4. The summed E-state index contributed by atoms with van der Waals surface area (Å²) in [4.78, 5) is 26.3. The summed E-state index contributed by atoms with van der Waals surface area (Å²) in [7, 11) is -4.04. The zero-order valence-electron chi connectivity index (χ0n) is 20.4. The monoisotopic (exact) mass is 570 g/mol. The summed E-state index contributed by atoms with van der Waals surface area (Å²) >= 11 is 0. The zero-order valence-corrected chi connectivity index (χ0v) is 21.3. The van der Waals surface area contributed by atoms with Gasteiger partial charge in [-0.15, -0.1) is 0 Å². The van der Waals surface area contributed by atoms with E-state index in [1.54, 1.807) is 0 Å². The molecule has 0 aromatic rings. The van der Waals surface area contributed by atoms with Crippen LogP contribution in [0.3, 0.4) is 0 Å². The molecule has 0 N–H and O–H groups in total. The van der Waals surface area contributed by atoms with Gasteiger partial charge in [-0.1, -0.05) is 6.42 Å². The standard InChI is InChI=1S/C22H30F7O7P/c1-3-33-37(32,34-4-2)13-15-11-18(10-14(15)12-20(23,24)21(25,26)22(27,28)29)16(30)35-19(36-17(18)31)8-6-5-7-9-19/h14-15H,3-13H2,1-2H3. The number of carbonyl (C=O) groups is 2. The lowest BCUT2D eigenvalue weighted by molar-refractivity contribution is -0.357. The fourth-order valence-electron chi connectivity index (χ4n) is 5.52. The van der Waals surface area contributed by atoms with Crippen LogP contribution in [0.25, 0.3) is 0 Å². The molecule has 0 aromatic heterocycles. The van der Waals surface area contributed by atoms with Gasteiger partial charge >= 0.3 is 37.6 Å². The average Bonchev–Trinajstić information content (AvgIpc) is 3.10. The molecule has 2 unspecified atom stereocenters. The molecular weight excluding hydrogens is 540 g/mol. The summed E-state index contributed by atoms with van der Waals surface area (Å²) in [6.07, 6.45) is -8.30. The Labute approximate surface area is 209 Å². The van der Waals surface area contributed by atoms with E-state index in [0.29, 0.717) is 12.8 Å². The second-order valence-corrected chi connectivity index (χ2v) is 12.0. The second kappa shape index (κ2) is 10.3. The van der Waals surface area contributed by atoms with Gasteiger partial charge in [0.1, 0.15) is 0 Å². The Morgan fingerprint density at radius 2 is 1.35 bits per heavy atom. The minimum Gasteiger partial charge on any atom is -0.422 e. The molecule has 2 aliphatic carbocycles. The van der Waals surface area contributed by atoms with Crippen LogP contribution < -0.4 is 0 Å². The first-order valence-corrected chi connectivity index (χ1v) is 13.9. The van der Waals surface area contributed by atoms with E-state index in [0.717, 1.165) is 6.42 Å². The second-order valence-electron chi connectivity index (χ2n) is 9.87. The molecule has 0 bridgehead atoms. The lowest BCUT2D eigenvalue weighted by Gasteiger charge is -2.44. The van der Waals surface area contributed by atoms with E-state index in [9.17, 15) is 44.9 Å². The summed E-state index contributed by atoms with van der Waals surface area (Å²) in [5.41, 5.74) is -2.22. The highest BCUT2D eigenvalue weighted by atomic mass is 31.2. The Morgan fingerprint density at radius 1 is 0.865 bits per heavy atom. The molecule has 7 nitrogen and oxygen atoms in total. The molecule has 214 valence electrons. The first-order valence-electron chi connectivity index (χ1n) is 12.1. The summed E-state index contributed by atoms with van der Waals surface area (Å²) in [5.74, 6) is -18.9. The van der Waals surface area contributed by atoms with E-state index in [1.807, 2.05) is 0 Å². The van der Waals surface area contributed by atoms with Crippen LogP contribution in [0.5, 0.6) is 0 Å². The largest absolute Gasteiger partial charge is 0.459 e. The van der Waals surface area contributed by atoms with Crippen LogP contribution in [0.15, 0.2) is 0 Å². The number of rotatable bonds is 9. The first-order chi connectivity index (χ1) is 17.0. The van der Waals surface area contributed by atoms with Gasteiger partial charge in [0, 0.05) is 19.3 Å². The molecule has 0 amide bonds. The highest BCUT2D eigenvalue weighted by Crippen LogP contribution is 2.61. The van der Waals surface area contributed by atoms with Crippen molar-refractivity contribution in [3.63, 3.8) is 0 Å². The van der Waals surface area contributed by atoms with Crippen molar-refractivity contribution in [3.8, 4) is 0 Å². The smallest absolute Gasteiger partial charge is 0.422 e. The highest BCUT2D eigenvalue weighted by molar-refractivity contribution is 7.53. The SMILES string of the molecule is CCOP(=O)(CC1CC2(CC1CC(F)(F)C(F)(F)C(F)(F)F)C(=O)OC1(CCCCC1)OC2=O)OCC. The van der Waals surface area contributed by atoms with E-state index in [4.69, 9.17) is 18.5 Å². The van der Waals surface area contributed by atoms with E-state index in [-0.39, 0.29) is 26.1 Å². The third-order valence-corrected chi connectivity index (χ3v) is 9.51. The van der Waals surface area contributed by atoms with Gasteiger partial charge in [-0.2, -0.15) is 30.7 Å². The van der Waals surface area contributed by atoms with Crippen molar-refractivity contribution in [2.24, 2.45) is 17.3 Å². The lowest BCUT2D eigenvalue weighted by Crippen LogP contribution is -2.56. The van der Waals surface area contributed by atoms with Crippen LogP contribution in [0, 0.1) is 17.3 Å². The summed E-state index contributed by atoms with van der Waals surface area (Å²) in [5, 5.41) is 0. The first kappa shape index (κ1) is 30.1. The molecule has 1 saturated heterocycles. The number of alkyl halides is 7. The quantitative estimate of drug-likeness (QED) is 0.140. The van der Waals surface area contributed by atoms with E-state index >= 15 is 0 Å². The predicted octanol–water partition coefficient (Wildman–Crippen LogP) is 6.25. The number of halogens is 7. The minimum atomic E-state index is -6.55. The van der Waals surface area contributed by atoms with Gasteiger partial charge < -0.3 is 18.5 Å². The van der Waals surface area contributed by atoms with Crippen molar-refractivity contribution >= 4 is 19.5 Å². The summed E-state index contributed by atoms with van der Waals surface area (Å²) in [6.45, 7) is 2.62. The predicted molar refractivity (Wildman–Crippen MR) is 113 cm³/mol. The van der Waals surface area contributed by atoms with Crippen LogP contribution in [0.2, 0.25) is 0 Å². The van der Waals surface area contributed by atoms with Crippen LogP contribution in [0.4, 0.5) is 30.7 Å². The molecule has 2 saturated carbocycles. The van der Waals surface area contributed by atoms with E-state index in [2.05, 4.69) is 0 Å². The van der Waals surface area contributed by atoms with Crippen molar-refractivity contribution < 1.29 is 63.4 Å². The molecular formula is C22H30F7O7P. The molecule has 2 atom stereocenters. The Bertz CT molecular complexity index is 888. The molecule has 1 heterocycles. The fraction of sp³-hybridized carbons (Fsp3) is 0.909. The lowest BCUT2D eigenvalue weighted by atomic mass is 9.82. The van der Waals surface area contributed by atoms with Gasteiger partial charge in [0.05, 0.1) is 19.4 Å². The van der Waals surface area contributed by atoms with E-state index in [1.165, 1.54) is 13.8 Å². The molecule has 15 heteroatoms.